The van der Waals surface area contributed by atoms with Crippen LogP contribution in [0.4, 0.5) is 11.6 Å². The molecule has 5 nitrogen and oxygen atoms in total. The highest BCUT2D eigenvalue weighted by Gasteiger charge is 2.39. The molecule has 1 saturated carbocycles. The van der Waals surface area contributed by atoms with Gasteiger partial charge in [0.1, 0.15) is 18.0 Å². The maximum absolute atomic E-state index is 5.57. The predicted octanol–water partition coefficient (Wildman–Crippen LogP) is 1.87. The molecule has 5 heteroatoms. The smallest absolute Gasteiger partial charge is 0.148 e. The minimum atomic E-state index is 0.367. The number of fused-ring (bicyclic) bond motifs is 2. The Morgan fingerprint density at radius 3 is 2.78 bits per heavy atom. The fourth-order valence-electron chi connectivity index (χ4n) is 3.45. The second-order valence-corrected chi connectivity index (χ2v) is 5.74. The third-order valence-electron chi connectivity index (χ3n) is 4.26. The van der Waals surface area contributed by atoms with Gasteiger partial charge < -0.3 is 10.3 Å². The lowest BCUT2D eigenvalue weighted by Gasteiger charge is -2.31. The Hall–Kier alpha value is -1.36. The van der Waals surface area contributed by atoms with E-state index in [4.69, 9.17) is 5.84 Å². The van der Waals surface area contributed by atoms with Gasteiger partial charge in [-0.3, -0.25) is 0 Å². The molecule has 1 aromatic heterocycles. The molecule has 2 heterocycles. The summed E-state index contributed by atoms with van der Waals surface area (Å²) in [5.74, 6) is 8.65. The van der Waals surface area contributed by atoms with Crippen LogP contribution in [0.15, 0.2) is 6.33 Å². The Morgan fingerprint density at radius 2 is 2.22 bits per heavy atom. The Labute approximate surface area is 108 Å². The minimum Gasteiger partial charge on any atom is -0.353 e. The number of aromatic nitrogens is 2. The second-order valence-electron chi connectivity index (χ2n) is 5.74. The summed E-state index contributed by atoms with van der Waals surface area (Å²) in [6.07, 6.45) is 5.62. The topological polar surface area (TPSA) is 67.1 Å². The van der Waals surface area contributed by atoms with Crippen LogP contribution in [0.2, 0.25) is 0 Å². The molecular formula is C13H21N5. The summed E-state index contributed by atoms with van der Waals surface area (Å²) in [7, 11) is 0. The van der Waals surface area contributed by atoms with Gasteiger partial charge in [-0.1, -0.05) is 13.8 Å². The van der Waals surface area contributed by atoms with E-state index >= 15 is 0 Å². The van der Waals surface area contributed by atoms with E-state index in [0.717, 1.165) is 29.7 Å². The van der Waals surface area contributed by atoms with E-state index in [0.29, 0.717) is 12.0 Å². The lowest BCUT2D eigenvalue weighted by molar-refractivity contribution is 0.548. The fraction of sp³-hybridized carbons (Fsp3) is 0.692. The molecule has 0 aromatic carbocycles. The molecule has 0 spiro atoms. The number of piperidine rings is 1. The summed E-state index contributed by atoms with van der Waals surface area (Å²) in [6, 6.07) is 0.674. The quantitative estimate of drug-likeness (QED) is 0.630. The summed E-state index contributed by atoms with van der Waals surface area (Å²) in [5.41, 5.74) is 3.85. The van der Waals surface area contributed by atoms with E-state index in [1.807, 2.05) is 0 Å². The van der Waals surface area contributed by atoms with Crippen molar-refractivity contribution < 1.29 is 0 Å². The van der Waals surface area contributed by atoms with E-state index < -0.39 is 0 Å². The zero-order valence-corrected chi connectivity index (χ0v) is 11.1. The second kappa shape index (κ2) is 4.39. The first-order valence-electron chi connectivity index (χ1n) is 6.78. The van der Waals surface area contributed by atoms with Gasteiger partial charge in [-0.25, -0.2) is 15.8 Å². The first-order valence-corrected chi connectivity index (χ1v) is 6.78. The van der Waals surface area contributed by atoms with E-state index in [1.54, 1.807) is 6.33 Å². The number of hydrogen-bond donors (Lipinski definition) is 2. The maximum Gasteiger partial charge on any atom is 0.148 e. The highest BCUT2D eigenvalue weighted by atomic mass is 15.3. The lowest BCUT2D eigenvalue weighted by Crippen LogP contribution is -2.34. The van der Waals surface area contributed by atoms with E-state index in [1.165, 1.54) is 19.3 Å². The van der Waals surface area contributed by atoms with Crippen molar-refractivity contribution in [1.82, 2.24) is 9.97 Å². The van der Waals surface area contributed by atoms with Crippen LogP contribution in [0.1, 0.15) is 44.6 Å². The SMILES string of the molecule is CC(C)c1c(NN)ncnc1N1CC2CCC1C2. The molecule has 1 saturated heterocycles. The molecule has 2 fully saturated rings. The van der Waals surface area contributed by atoms with Gasteiger partial charge in [-0.2, -0.15) is 0 Å². The number of nitrogen functional groups attached to an aromatic ring is 1. The number of rotatable bonds is 3. The first kappa shape index (κ1) is 11.7. The van der Waals surface area contributed by atoms with Crippen molar-refractivity contribution in [3.8, 4) is 0 Å². The van der Waals surface area contributed by atoms with Crippen molar-refractivity contribution >= 4 is 11.6 Å². The van der Waals surface area contributed by atoms with Gasteiger partial charge in [0.2, 0.25) is 0 Å². The first-order chi connectivity index (χ1) is 8.70. The third-order valence-corrected chi connectivity index (χ3v) is 4.26. The number of anilines is 2. The summed E-state index contributed by atoms with van der Waals surface area (Å²) in [5, 5.41) is 0. The molecule has 2 unspecified atom stereocenters. The number of hydrogen-bond acceptors (Lipinski definition) is 5. The molecule has 18 heavy (non-hydrogen) atoms. The highest BCUT2D eigenvalue weighted by Crippen LogP contribution is 2.42. The van der Waals surface area contributed by atoms with Crippen molar-refractivity contribution in [2.75, 3.05) is 16.9 Å². The molecule has 1 aliphatic heterocycles. The molecule has 2 bridgehead atoms. The average molecular weight is 247 g/mol. The molecular weight excluding hydrogens is 226 g/mol. The van der Waals surface area contributed by atoms with Gasteiger partial charge in [0.05, 0.1) is 0 Å². The van der Waals surface area contributed by atoms with Crippen molar-refractivity contribution in [2.24, 2.45) is 11.8 Å². The molecule has 3 N–H and O–H groups in total. The highest BCUT2D eigenvalue weighted by molar-refractivity contribution is 5.61. The Bertz CT molecular complexity index is 445. The van der Waals surface area contributed by atoms with Crippen LogP contribution < -0.4 is 16.2 Å². The van der Waals surface area contributed by atoms with Crippen LogP contribution >= 0.6 is 0 Å². The molecule has 0 radical (unpaired) electrons. The maximum atomic E-state index is 5.57. The van der Waals surface area contributed by atoms with Crippen LogP contribution in [-0.2, 0) is 0 Å². The van der Waals surface area contributed by atoms with E-state index in [-0.39, 0.29) is 0 Å². The van der Waals surface area contributed by atoms with Gasteiger partial charge in [-0.15, -0.1) is 0 Å². The van der Waals surface area contributed by atoms with Gasteiger partial charge in [0.15, 0.2) is 0 Å². The van der Waals surface area contributed by atoms with Crippen molar-refractivity contribution in [2.45, 2.75) is 45.1 Å². The monoisotopic (exact) mass is 247 g/mol. The summed E-state index contributed by atoms with van der Waals surface area (Å²) in [4.78, 5) is 11.2. The number of nitrogens with zero attached hydrogens (tertiary/aromatic N) is 3. The van der Waals surface area contributed by atoms with Gasteiger partial charge in [0, 0.05) is 18.2 Å². The van der Waals surface area contributed by atoms with Gasteiger partial charge >= 0.3 is 0 Å². The molecule has 1 aromatic rings. The van der Waals surface area contributed by atoms with Crippen molar-refractivity contribution in [3.05, 3.63) is 11.9 Å². The largest absolute Gasteiger partial charge is 0.353 e. The van der Waals surface area contributed by atoms with E-state index in [2.05, 4.69) is 34.1 Å². The van der Waals surface area contributed by atoms with Crippen LogP contribution in [0.5, 0.6) is 0 Å². The van der Waals surface area contributed by atoms with Crippen LogP contribution in [0.3, 0.4) is 0 Å². The summed E-state index contributed by atoms with van der Waals surface area (Å²) in [6.45, 7) is 5.47. The summed E-state index contributed by atoms with van der Waals surface area (Å²) < 4.78 is 0. The molecule has 1 aliphatic carbocycles. The lowest BCUT2D eigenvalue weighted by atomic mass is 10.0. The van der Waals surface area contributed by atoms with Gasteiger partial charge in [-0.05, 0) is 31.1 Å². The van der Waals surface area contributed by atoms with E-state index in [9.17, 15) is 0 Å². The number of nitrogens with one attached hydrogen (secondary N) is 1. The Kier molecular flexibility index (Phi) is 2.86. The normalized spacial score (nSPS) is 26.1. The Morgan fingerprint density at radius 1 is 1.39 bits per heavy atom. The van der Waals surface area contributed by atoms with Crippen LogP contribution in [0, 0.1) is 5.92 Å². The molecule has 98 valence electrons. The van der Waals surface area contributed by atoms with Crippen LogP contribution in [0.25, 0.3) is 0 Å². The predicted molar refractivity (Wildman–Crippen MR) is 72.4 cm³/mol. The fourth-order valence-corrected chi connectivity index (χ4v) is 3.45. The summed E-state index contributed by atoms with van der Waals surface area (Å²) >= 11 is 0. The molecule has 0 amide bonds. The molecule has 2 aliphatic rings. The number of nitrogens with two attached hydrogens (primary N) is 1. The minimum absolute atomic E-state index is 0.367. The molecule has 3 rings (SSSR count). The molecule has 2 atom stereocenters. The van der Waals surface area contributed by atoms with Gasteiger partial charge in [0.25, 0.3) is 0 Å². The van der Waals surface area contributed by atoms with Crippen LogP contribution in [-0.4, -0.2) is 22.6 Å². The van der Waals surface area contributed by atoms with Crippen molar-refractivity contribution in [1.29, 1.82) is 0 Å². The van der Waals surface area contributed by atoms with Crippen molar-refractivity contribution in [3.63, 3.8) is 0 Å². The zero-order valence-electron chi connectivity index (χ0n) is 11.1. The third kappa shape index (κ3) is 1.73. The standard InChI is InChI=1S/C13H21N5/c1-8(2)11-12(17-14)15-7-16-13(11)18-6-9-3-4-10(18)5-9/h7-10H,3-6,14H2,1-2H3,(H,15,16,17). The Balaban J connectivity index is 2.01. The average Bonchev–Trinajstić information content (AvgIpc) is 2.99. The zero-order chi connectivity index (χ0) is 12.7. The number of hydrazine groups is 1.